The van der Waals surface area contributed by atoms with Crippen molar-refractivity contribution in [1.82, 2.24) is 9.80 Å². The lowest BCUT2D eigenvalue weighted by Gasteiger charge is -2.34. The van der Waals surface area contributed by atoms with Crippen LogP contribution in [0.2, 0.25) is 0 Å². The van der Waals surface area contributed by atoms with Gasteiger partial charge in [-0.15, -0.1) is 0 Å². The molecule has 156 valence electrons. The molecule has 1 fully saturated rings. The van der Waals surface area contributed by atoms with Crippen molar-refractivity contribution < 1.29 is 4.74 Å². The number of piperazine rings is 1. The molecule has 3 heteroatoms. The van der Waals surface area contributed by atoms with Crippen LogP contribution in [-0.4, -0.2) is 49.1 Å². The molecule has 2 aromatic carbocycles. The predicted molar refractivity (Wildman–Crippen MR) is 123 cm³/mol. The molecule has 0 amide bonds. The zero-order chi connectivity index (χ0) is 20.2. The lowest BCUT2D eigenvalue weighted by molar-refractivity contribution is 0.137. The molecule has 3 rings (SSSR count). The van der Waals surface area contributed by atoms with Crippen LogP contribution in [0.5, 0.6) is 5.75 Å². The third kappa shape index (κ3) is 8.04. The molecule has 0 N–H and O–H groups in total. The Bertz CT molecular complexity index is 703. The largest absolute Gasteiger partial charge is 0.494 e. The highest BCUT2D eigenvalue weighted by Crippen LogP contribution is 2.15. The summed E-state index contributed by atoms with van der Waals surface area (Å²) in [4.78, 5) is 5.09. The van der Waals surface area contributed by atoms with Gasteiger partial charge >= 0.3 is 0 Å². The van der Waals surface area contributed by atoms with E-state index in [1.165, 1.54) is 30.4 Å². The van der Waals surface area contributed by atoms with Crippen LogP contribution in [0.1, 0.15) is 43.7 Å². The summed E-state index contributed by atoms with van der Waals surface area (Å²) in [5, 5.41) is 0. The van der Waals surface area contributed by atoms with Gasteiger partial charge in [-0.05, 0) is 29.7 Å². The highest BCUT2D eigenvalue weighted by Gasteiger charge is 2.15. The van der Waals surface area contributed by atoms with Gasteiger partial charge < -0.3 is 4.74 Å². The Labute approximate surface area is 177 Å². The van der Waals surface area contributed by atoms with E-state index in [1.54, 1.807) is 0 Å². The first-order chi connectivity index (χ1) is 14.3. The van der Waals surface area contributed by atoms with Gasteiger partial charge in [0.1, 0.15) is 5.75 Å². The van der Waals surface area contributed by atoms with Gasteiger partial charge in [0, 0.05) is 39.3 Å². The summed E-state index contributed by atoms with van der Waals surface area (Å²) < 4.78 is 5.85. The minimum absolute atomic E-state index is 0.833. The second kappa shape index (κ2) is 12.5. The third-order valence-corrected chi connectivity index (χ3v) is 5.53. The molecule has 0 spiro atoms. The zero-order valence-electron chi connectivity index (χ0n) is 17.9. The summed E-state index contributed by atoms with van der Waals surface area (Å²) >= 11 is 0. The third-order valence-electron chi connectivity index (χ3n) is 5.53. The Morgan fingerprint density at radius 3 is 2.28 bits per heavy atom. The monoisotopic (exact) mass is 392 g/mol. The number of benzene rings is 2. The normalized spacial score (nSPS) is 15.8. The summed E-state index contributed by atoms with van der Waals surface area (Å²) in [6.45, 7) is 9.68. The number of hydrogen-bond acceptors (Lipinski definition) is 3. The molecule has 0 unspecified atom stereocenters. The maximum absolute atomic E-state index is 5.85. The maximum atomic E-state index is 5.85. The molecule has 0 saturated carbocycles. The minimum atomic E-state index is 0.833. The number of hydrogen-bond donors (Lipinski definition) is 0. The van der Waals surface area contributed by atoms with Gasteiger partial charge in [0.15, 0.2) is 0 Å². The van der Waals surface area contributed by atoms with E-state index >= 15 is 0 Å². The van der Waals surface area contributed by atoms with E-state index < -0.39 is 0 Å². The van der Waals surface area contributed by atoms with Gasteiger partial charge in [0.05, 0.1) is 6.61 Å². The summed E-state index contributed by atoms with van der Waals surface area (Å²) in [5.74, 6) is 1.00. The van der Waals surface area contributed by atoms with Crippen molar-refractivity contribution in [1.29, 1.82) is 0 Å². The molecule has 0 aliphatic carbocycles. The lowest BCUT2D eigenvalue weighted by atomic mass is 10.2. The molecule has 2 aromatic rings. The Kier molecular flexibility index (Phi) is 9.28. The van der Waals surface area contributed by atoms with E-state index in [-0.39, 0.29) is 0 Å². The van der Waals surface area contributed by atoms with E-state index in [0.29, 0.717) is 0 Å². The van der Waals surface area contributed by atoms with Crippen molar-refractivity contribution in [2.24, 2.45) is 0 Å². The Hall–Kier alpha value is -2.10. The molecule has 1 aliphatic heterocycles. The number of ether oxygens (including phenoxy) is 1. The van der Waals surface area contributed by atoms with Crippen LogP contribution >= 0.6 is 0 Å². The Morgan fingerprint density at radius 2 is 1.55 bits per heavy atom. The Balaban J connectivity index is 1.33. The fraction of sp³-hybridized carbons (Fsp3) is 0.462. The molecule has 3 nitrogen and oxygen atoms in total. The first-order valence-electron chi connectivity index (χ1n) is 11.2. The standard InChI is InChI=1S/C26H36N2O/c1-2-3-4-8-22-29-26-15-13-25(14-16-26)23-28-20-18-27(19-21-28)17-9-12-24-10-6-5-7-11-24/h5-7,9-16H,2-4,8,17-23H2,1H3. The fourth-order valence-electron chi connectivity index (χ4n) is 3.70. The van der Waals surface area contributed by atoms with E-state index in [4.69, 9.17) is 4.74 Å². The van der Waals surface area contributed by atoms with Crippen molar-refractivity contribution in [2.45, 2.75) is 39.2 Å². The highest BCUT2D eigenvalue weighted by molar-refractivity contribution is 5.48. The molecule has 0 aromatic heterocycles. The average molecular weight is 393 g/mol. The van der Waals surface area contributed by atoms with Crippen LogP contribution in [0.15, 0.2) is 60.7 Å². The van der Waals surface area contributed by atoms with E-state index in [1.807, 2.05) is 0 Å². The van der Waals surface area contributed by atoms with Gasteiger partial charge in [-0.3, -0.25) is 9.80 Å². The summed E-state index contributed by atoms with van der Waals surface area (Å²) in [6.07, 6.45) is 9.50. The van der Waals surface area contributed by atoms with Crippen molar-refractivity contribution in [2.75, 3.05) is 39.3 Å². The summed E-state index contributed by atoms with van der Waals surface area (Å²) in [7, 11) is 0. The summed E-state index contributed by atoms with van der Waals surface area (Å²) in [6, 6.07) is 19.2. The molecule has 1 heterocycles. The second-order valence-electron chi connectivity index (χ2n) is 7.94. The fourth-order valence-corrected chi connectivity index (χ4v) is 3.70. The van der Waals surface area contributed by atoms with Gasteiger partial charge in [-0.25, -0.2) is 0 Å². The number of rotatable bonds is 11. The highest BCUT2D eigenvalue weighted by atomic mass is 16.5. The summed E-state index contributed by atoms with van der Waals surface area (Å²) in [5.41, 5.74) is 2.65. The van der Waals surface area contributed by atoms with Crippen molar-refractivity contribution in [3.63, 3.8) is 0 Å². The van der Waals surface area contributed by atoms with Crippen LogP contribution in [0.25, 0.3) is 6.08 Å². The molecule has 0 radical (unpaired) electrons. The molecule has 0 bridgehead atoms. The van der Waals surface area contributed by atoms with E-state index in [9.17, 15) is 0 Å². The van der Waals surface area contributed by atoms with Gasteiger partial charge in [-0.1, -0.05) is 80.8 Å². The maximum Gasteiger partial charge on any atom is 0.119 e. The van der Waals surface area contributed by atoms with Crippen molar-refractivity contribution >= 4 is 6.08 Å². The topological polar surface area (TPSA) is 15.7 Å². The zero-order valence-corrected chi connectivity index (χ0v) is 17.9. The quantitative estimate of drug-likeness (QED) is 0.471. The van der Waals surface area contributed by atoms with Crippen LogP contribution < -0.4 is 4.74 Å². The predicted octanol–water partition coefficient (Wildman–Crippen LogP) is 5.48. The molecular weight excluding hydrogens is 356 g/mol. The van der Waals surface area contributed by atoms with Gasteiger partial charge in [0.2, 0.25) is 0 Å². The van der Waals surface area contributed by atoms with Crippen LogP contribution in [0.3, 0.4) is 0 Å². The molecule has 1 aliphatic rings. The van der Waals surface area contributed by atoms with Crippen LogP contribution in [0, 0.1) is 0 Å². The molecule has 29 heavy (non-hydrogen) atoms. The number of unbranched alkanes of at least 4 members (excludes halogenated alkanes) is 3. The van der Waals surface area contributed by atoms with E-state index in [2.05, 4.69) is 83.5 Å². The first-order valence-corrected chi connectivity index (χ1v) is 11.2. The van der Waals surface area contributed by atoms with Gasteiger partial charge in [0.25, 0.3) is 0 Å². The SMILES string of the molecule is CCCCCCOc1ccc(CN2CCN(CC=Cc3ccccc3)CC2)cc1. The van der Waals surface area contributed by atoms with Crippen molar-refractivity contribution in [3.8, 4) is 5.75 Å². The molecule has 0 atom stereocenters. The van der Waals surface area contributed by atoms with Crippen LogP contribution in [-0.2, 0) is 6.54 Å². The number of nitrogens with zero attached hydrogens (tertiary/aromatic N) is 2. The average Bonchev–Trinajstić information content (AvgIpc) is 2.77. The molecular formula is C26H36N2O. The van der Waals surface area contributed by atoms with Crippen LogP contribution in [0.4, 0.5) is 0 Å². The second-order valence-corrected chi connectivity index (χ2v) is 7.94. The smallest absolute Gasteiger partial charge is 0.119 e. The van der Waals surface area contributed by atoms with Crippen molar-refractivity contribution in [3.05, 3.63) is 71.8 Å². The van der Waals surface area contributed by atoms with E-state index in [0.717, 1.165) is 58.0 Å². The Morgan fingerprint density at radius 1 is 0.828 bits per heavy atom. The van der Waals surface area contributed by atoms with Gasteiger partial charge in [-0.2, -0.15) is 0 Å². The minimum Gasteiger partial charge on any atom is -0.494 e. The lowest BCUT2D eigenvalue weighted by Crippen LogP contribution is -2.45. The first kappa shape index (κ1) is 21.6. The molecule has 1 saturated heterocycles.